The predicted octanol–water partition coefficient (Wildman–Crippen LogP) is 1.93. The third-order valence-corrected chi connectivity index (χ3v) is 3.16. The van der Waals surface area contributed by atoms with Crippen LogP contribution < -0.4 is 15.8 Å². The second-order valence-electron chi connectivity index (χ2n) is 3.69. The summed E-state index contributed by atoms with van der Waals surface area (Å²) in [6.07, 6.45) is 1.56. The molecule has 19 heavy (non-hydrogen) atoms. The number of nitrogens with two attached hydrogens (primary N) is 1. The average molecular weight is 281 g/mol. The van der Waals surface area contributed by atoms with E-state index in [1.165, 1.54) is 36.6 Å². The van der Waals surface area contributed by atoms with E-state index in [9.17, 15) is 9.18 Å². The number of methoxy groups -OCH3 is 1. The van der Waals surface area contributed by atoms with Crippen LogP contribution in [0.25, 0.3) is 0 Å². The van der Waals surface area contributed by atoms with E-state index in [1.54, 1.807) is 11.6 Å². The summed E-state index contributed by atoms with van der Waals surface area (Å²) in [5.74, 6) is -0.588. The van der Waals surface area contributed by atoms with E-state index in [0.29, 0.717) is 10.9 Å². The number of hydrogen-bond donors (Lipinski definition) is 2. The molecule has 1 aromatic heterocycles. The number of rotatable bonds is 4. The number of halogens is 1. The molecular formula is C12H12FN3O2S. The molecule has 0 saturated carbocycles. The molecule has 2 rings (SSSR count). The van der Waals surface area contributed by atoms with Gasteiger partial charge in [0.25, 0.3) is 0 Å². The molecule has 0 saturated heterocycles. The zero-order valence-electron chi connectivity index (χ0n) is 10.1. The zero-order valence-corrected chi connectivity index (χ0v) is 10.9. The lowest BCUT2D eigenvalue weighted by atomic mass is 10.1. The Morgan fingerprint density at radius 3 is 3.00 bits per heavy atom. The molecule has 0 unspecified atom stereocenters. The Kier molecular flexibility index (Phi) is 4.08. The number of carbonyl (C=O) groups is 1. The van der Waals surface area contributed by atoms with Gasteiger partial charge in [0.2, 0.25) is 5.91 Å². The quantitative estimate of drug-likeness (QED) is 0.897. The SMILES string of the molecule is COc1ccc(F)cc1[C@@H](N)C(=O)Nc1nccs1. The smallest absolute Gasteiger partial charge is 0.247 e. The molecule has 0 bridgehead atoms. The number of carbonyl (C=O) groups excluding carboxylic acids is 1. The van der Waals surface area contributed by atoms with Crippen LogP contribution in [0.3, 0.4) is 0 Å². The van der Waals surface area contributed by atoms with Crippen molar-refractivity contribution in [1.82, 2.24) is 4.98 Å². The third kappa shape index (κ3) is 3.07. The van der Waals surface area contributed by atoms with Gasteiger partial charge in [0.05, 0.1) is 7.11 Å². The van der Waals surface area contributed by atoms with Crippen molar-refractivity contribution in [2.24, 2.45) is 5.73 Å². The normalized spacial score (nSPS) is 11.9. The van der Waals surface area contributed by atoms with Crippen LogP contribution in [-0.4, -0.2) is 18.0 Å². The van der Waals surface area contributed by atoms with Gasteiger partial charge in [-0.05, 0) is 18.2 Å². The third-order valence-electron chi connectivity index (χ3n) is 2.47. The molecule has 0 radical (unpaired) electrons. The minimum Gasteiger partial charge on any atom is -0.496 e. The van der Waals surface area contributed by atoms with Gasteiger partial charge < -0.3 is 15.8 Å². The number of hydrogen-bond acceptors (Lipinski definition) is 5. The van der Waals surface area contributed by atoms with Crippen molar-refractivity contribution in [2.75, 3.05) is 12.4 Å². The Hall–Kier alpha value is -1.99. The minimum absolute atomic E-state index is 0.288. The number of ether oxygens (including phenoxy) is 1. The highest BCUT2D eigenvalue weighted by molar-refractivity contribution is 7.13. The van der Waals surface area contributed by atoms with Gasteiger partial charge in [-0.15, -0.1) is 11.3 Å². The first-order valence-corrected chi connectivity index (χ1v) is 6.29. The monoisotopic (exact) mass is 281 g/mol. The summed E-state index contributed by atoms with van der Waals surface area (Å²) in [5, 5.41) is 4.72. The van der Waals surface area contributed by atoms with Gasteiger partial charge in [-0.2, -0.15) is 0 Å². The van der Waals surface area contributed by atoms with E-state index < -0.39 is 17.8 Å². The molecule has 0 fully saturated rings. The van der Waals surface area contributed by atoms with Gasteiger partial charge >= 0.3 is 0 Å². The van der Waals surface area contributed by atoms with Crippen LogP contribution in [0.15, 0.2) is 29.8 Å². The standard InChI is InChI=1S/C12H12FN3O2S/c1-18-9-3-2-7(13)6-8(9)10(14)11(17)16-12-15-4-5-19-12/h2-6,10H,14H2,1H3,(H,15,16,17)/t10-/m1/s1. The van der Waals surface area contributed by atoms with Crippen molar-refractivity contribution >= 4 is 22.4 Å². The van der Waals surface area contributed by atoms with E-state index in [1.807, 2.05) is 0 Å². The largest absolute Gasteiger partial charge is 0.496 e. The number of amides is 1. The van der Waals surface area contributed by atoms with Crippen LogP contribution in [0.1, 0.15) is 11.6 Å². The van der Waals surface area contributed by atoms with Crippen LogP contribution in [0.4, 0.5) is 9.52 Å². The topological polar surface area (TPSA) is 77.2 Å². The zero-order chi connectivity index (χ0) is 13.8. The van der Waals surface area contributed by atoms with Crippen LogP contribution in [0.2, 0.25) is 0 Å². The lowest BCUT2D eigenvalue weighted by Crippen LogP contribution is -2.28. The molecule has 0 aliphatic rings. The molecule has 5 nitrogen and oxygen atoms in total. The molecule has 1 amide bonds. The average Bonchev–Trinajstić information content (AvgIpc) is 2.90. The summed E-state index contributed by atoms with van der Waals surface area (Å²) in [4.78, 5) is 15.9. The molecule has 7 heteroatoms. The minimum atomic E-state index is -1.03. The fourth-order valence-corrected chi connectivity index (χ4v) is 2.09. The Balaban J connectivity index is 2.21. The molecule has 2 aromatic rings. The van der Waals surface area contributed by atoms with Gasteiger partial charge in [0, 0.05) is 17.1 Å². The molecule has 100 valence electrons. The Morgan fingerprint density at radius 2 is 2.37 bits per heavy atom. The number of aromatic nitrogens is 1. The van der Waals surface area contributed by atoms with Gasteiger partial charge in [-0.1, -0.05) is 0 Å². The highest BCUT2D eigenvalue weighted by Crippen LogP contribution is 2.25. The fraction of sp³-hybridized carbons (Fsp3) is 0.167. The van der Waals surface area contributed by atoms with Gasteiger partial charge in [0.15, 0.2) is 5.13 Å². The van der Waals surface area contributed by atoms with E-state index in [-0.39, 0.29) is 5.56 Å². The van der Waals surface area contributed by atoms with Crippen molar-refractivity contribution in [1.29, 1.82) is 0 Å². The van der Waals surface area contributed by atoms with E-state index in [2.05, 4.69) is 10.3 Å². The molecule has 0 aliphatic carbocycles. The van der Waals surface area contributed by atoms with Crippen LogP contribution >= 0.6 is 11.3 Å². The molecule has 1 atom stereocenters. The van der Waals surface area contributed by atoms with Crippen molar-refractivity contribution < 1.29 is 13.9 Å². The predicted molar refractivity (Wildman–Crippen MR) is 70.6 cm³/mol. The van der Waals surface area contributed by atoms with Gasteiger partial charge in [-0.3, -0.25) is 4.79 Å². The summed E-state index contributed by atoms with van der Waals surface area (Å²) in [5.41, 5.74) is 6.11. The molecule has 1 aromatic carbocycles. The highest BCUT2D eigenvalue weighted by Gasteiger charge is 2.21. The molecule has 1 heterocycles. The first kappa shape index (κ1) is 13.4. The van der Waals surface area contributed by atoms with E-state index >= 15 is 0 Å². The van der Waals surface area contributed by atoms with E-state index in [4.69, 9.17) is 10.5 Å². The fourth-order valence-electron chi connectivity index (χ4n) is 1.56. The Bertz CT molecular complexity index is 574. The van der Waals surface area contributed by atoms with Gasteiger partial charge in [-0.25, -0.2) is 9.37 Å². The number of benzene rings is 1. The van der Waals surface area contributed by atoms with Crippen LogP contribution in [-0.2, 0) is 4.79 Å². The summed E-state index contributed by atoms with van der Waals surface area (Å²) >= 11 is 1.27. The highest BCUT2D eigenvalue weighted by atomic mass is 32.1. The summed E-state index contributed by atoms with van der Waals surface area (Å²) in [6, 6.07) is 2.83. The molecule has 3 N–H and O–H groups in total. The Morgan fingerprint density at radius 1 is 1.58 bits per heavy atom. The van der Waals surface area contributed by atoms with Gasteiger partial charge in [0.1, 0.15) is 17.6 Å². The molecule has 0 spiro atoms. The van der Waals surface area contributed by atoms with Crippen molar-refractivity contribution in [3.63, 3.8) is 0 Å². The number of anilines is 1. The van der Waals surface area contributed by atoms with E-state index in [0.717, 1.165) is 0 Å². The number of thiazole rings is 1. The first-order chi connectivity index (χ1) is 9.11. The first-order valence-electron chi connectivity index (χ1n) is 5.41. The summed E-state index contributed by atoms with van der Waals surface area (Å²) in [6.45, 7) is 0. The number of nitrogens with zero attached hydrogens (tertiary/aromatic N) is 1. The maximum Gasteiger partial charge on any atom is 0.247 e. The Labute approximate surface area is 113 Å². The second-order valence-corrected chi connectivity index (χ2v) is 4.59. The van der Waals surface area contributed by atoms with Crippen molar-refractivity contribution in [3.05, 3.63) is 41.2 Å². The van der Waals surface area contributed by atoms with Crippen LogP contribution in [0, 0.1) is 5.82 Å². The number of nitrogens with one attached hydrogen (secondary N) is 1. The summed E-state index contributed by atoms with van der Waals surface area (Å²) in [7, 11) is 1.43. The van der Waals surface area contributed by atoms with Crippen molar-refractivity contribution in [3.8, 4) is 5.75 Å². The van der Waals surface area contributed by atoms with Crippen LogP contribution in [0.5, 0.6) is 5.75 Å². The second kappa shape index (κ2) is 5.77. The molecular weight excluding hydrogens is 269 g/mol. The lowest BCUT2D eigenvalue weighted by molar-refractivity contribution is -0.117. The summed E-state index contributed by atoms with van der Waals surface area (Å²) < 4.78 is 18.3. The maximum absolute atomic E-state index is 13.2. The lowest BCUT2D eigenvalue weighted by Gasteiger charge is -2.14. The molecule has 0 aliphatic heterocycles. The maximum atomic E-state index is 13.2. The van der Waals surface area contributed by atoms with Crippen molar-refractivity contribution in [2.45, 2.75) is 6.04 Å².